The molecule has 2 heterocycles. The normalized spacial score (nSPS) is 11.2. The van der Waals surface area contributed by atoms with E-state index in [1.807, 2.05) is 12.1 Å². The fourth-order valence-corrected chi connectivity index (χ4v) is 5.02. The number of ketones is 1. The van der Waals surface area contributed by atoms with Gasteiger partial charge in [-0.05, 0) is 23.6 Å². The van der Waals surface area contributed by atoms with Gasteiger partial charge in [0.05, 0.1) is 15.8 Å². The fraction of sp³-hybridized carbons (Fsp3) is 0.0500. The second-order valence-corrected chi connectivity index (χ2v) is 8.56. The summed E-state index contributed by atoms with van der Waals surface area (Å²) in [5.41, 5.74) is -0.562. The lowest BCUT2D eigenvalue weighted by molar-refractivity contribution is 0.0697. The molecule has 0 amide bonds. The minimum Gasteiger partial charge on any atom is -0.478 e. The first-order chi connectivity index (χ1) is 14.3. The van der Waals surface area contributed by atoms with E-state index in [0.717, 1.165) is 16.0 Å². The molecule has 0 fully saturated rings. The van der Waals surface area contributed by atoms with Crippen LogP contribution in [0.5, 0.6) is 0 Å². The summed E-state index contributed by atoms with van der Waals surface area (Å²) >= 11 is 7.42. The highest BCUT2D eigenvalue weighted by molar-refractivity contribution is 7.20. The van der Waals surface area contributed by atoms with Gasteiger partial charge in [-0.25, -0.2) is 22.9 Å². The molecule has 0 aliphatic rings. The fourth-order valence-electron chi connectivity index (χ4n) is 2.94. The number of carbonyl (C=O) groups excluding carboxylic acids is 1. The van der Waals surface area contributed by atoms with Crippen molar-refractivity contribution in [2.24, 2.45) is 0 Å². The largest absolute Gasteiger partial charge is 0.478 e. The summed E-state index contributed by atoms with van der Waals surface area (Å²) in [5.74, 6) is -6.16. The van der Waals surface area contributed by atoms with E-state index < -0.39 is 45.4 Å². The summed E-state index contributed by atoms with van der Waals surface area (Å²) in [6, 6.07) is 7.78. The molecule has 4 rings (SSSR count). The quantitative estimate of drug-likeness (QED) is 0.215. The molecule has 1 N–H and O–H groups in total. The Kier molecular flexibility index (Phi) is 5.35. The van der Waals surface area contributed by atoms with Crippen LogP contribution < -0.4 is 0 Å². The number of hydrogen-bond acceptors (Lipinski definition) is 5. The maximum absolute atomic E-state index is 14.3. The molecule has 10 heteroatoms. The molecule has 0 saturated heterocycles. The first-order valence-corrected chi connectivity index (χ1v) is 10.4. The van der Waals surface area contributed by atoms with Crippen LogP contribution in [0.2, 0.25) is 5.02 Å². The van der Waals surface area contributed by atoms with Gasteiger partial charge in [0.1, 0.15) is 10.8 Å². The van der Waals surface area contributed by atoms with Crippen molar-refractivity contribution in [2.75, 3.05) is 0 Å². The second-order valence-electron chi connectivity index (χ2n) is 6.19. The molecule has 4 nitrogen and oxygen atoms in total. The van der Waals surface area contributed by atoms with Crippen molar-refractivity contribution >= 4 is 56.2 Å². The molecular formula is C20H9ClF3NO3S2. The van der Waals surface area contributed by atoms with Gasteiger partial charge >= 0.3 is 5.97 Å². The molecule has 30 heavy (non-hydrogen) atoms. The van der Waals surface area contributed by atoms with Gasteiger partial charge in [-0.3, -0.25) is 4.79 Å². The third kappa shape index (κ3) is 3.49. The van der Waals surface area contributed by atoms with Crippen molar-refractivity contribution in [3.8, 4) is 11.1 Å². The van der Waals surface area contributed by atoms with Gasteiger partial charge < -0.3 is 5.11 Å². The smallest absolute Gasteiger partial charge is 0.337 e. The first-order valence-electron chi connectivity index (χ1n) is 8.33. The van der Waals surface area contributed by atoms with Crippen LogP contribution in [0.25, 0.3) is 21.3 Å². The van der Waals surface area contributed by atoms with Crippen molar-refractivity contribution in [1.82, 2.24) is 4.98 Å². The highest BCUT2D eigenvalue weighted by atomic mass is 35.5. The second kappa shape index (κ2) is 7.82. The number of nitrogens with zero attached hydrogens (tertiary/aromatic N) is 1. The van der Waals surface area contributed by atoms with Crippen LogP contribution in [0.1, 0.15) is 25.0 Å². The van der Waals surface area contributed by atoms with Crippen LogP contribution in [0.4, 0.5) is 13.2 Å². The predicted octanol–water partition coefficient (Wildman–Crippen LogP) is 6.22. The third-order valence-electron chi connectivity index (χ3n) is 4.33. The monoisotopic (exact) mass is 467 g/mol. The number of fused-ring (bicyclic) bond motifs is 1. The summed E-state index contributed by atoms with van der Waals surface area (Å²) in [4.78, 5) is 28.9. The molecule has 0 atom stereocenters. The van der Waals surface area contributed by atoms with Gasteiger partial charge in [0.15, 0.2) is 22.4 Å². The number of rotatable bonds is 5. The Balaban J connectivity index is 1.75. The van der Waals surface area contributed by atoms with Gasteiger partial charge in [-0.1, -0.05) is 23.7 Å². The van der Waals surface area contributed by atoms with Crippen molar-refractivity contribution in [3.05, 3.63) is 73.6 Å². The number of hydrogen-bond donors (Lipinski definition) is 1. The average Bonchev–Trinajstić information content (AvgIpc) is 3.33. The number of halogens is 4. The Morgan fingerprint density at radius 2 is 1.83 bits per heavy atom. The summed E-state index contributed by atoms with van der Waals surface area (Å²) in [7, 11) is 0. The molecule has 0 saturated carbocycles. The van der Waals surface area contributed by atoms with Crippen molar-refractivity contribution in [2.45, 2.75) is 6.42 Å². The summed E-state index contributed by atoms with van der Waals surface area (Å²) in [5, 5.41) is 10.1. The molecule has 4 aromatic rings. The molecule has 2 aromatic carbocycles. The predicted molar refractivity (Wildman–Crippen MR) is 109 cm³/mol. The van der Waals surface area contributed by atoms with Crippen LogP contribution in [-0.4, -0.2) is 21.8 Å². The van der Waals surface area contributed by atoms with Gasteiger partial charge in [-0.15, -0.1) is 22.7 Å². The Morgan fingerprint density at radius 3 is 2.53 bits per heavy atom. The van der Waals surface area contributed by atoms with Gasteiger partial charge in [0, 0.05) is 22.4 Å². The number of para-hydroxylation sites is 1. The third-order valence-corrected chi connectivity index (χ3v) is 6.74. The van der Waals surface area contributed by atoms with Crippen molar-refractivity contribution in [1.29, 1.82) is 0 Å². The van der Waals surface area contributed by atoms with E-state index in [0.29, 0.717) is 11.6 Å². The van der Waals surface area contributed by atoms with Crippen LogP contribution in [-0.2, 0) is 6.42 Å². The molecule has 0 bridgehead atoms. The van der Waals surface area contributed by atoms with Gasteiger partial charge in [-0.2, -0.15) is 0 Å². The zero-order valence-electron chi connectivity index (χ0n) is 14.7. The Morgan fingerprint density at radius 1 is 1.10 bits per heavy atom. The Bertz CT molecular complexity index is 1300. The number of carboxylic acid groups (broad SMARTS) is 1. The molecule has 0 aliphatic heterocycles. The number of thiazole rings is 1. The number of aromatic nitrogens is 1. The van der Waals surface area contributed by atoms with Crippen LogP contribution in [0, 0.1) is 17.5 Å². The number of Topliss-reactive ketones (excluding diaryl/α,β-unsaturated/α-hetero) is 1. The lowest BCUT2D eigenvalue weighted by Gasteiger charge is -2.07. The highest BCUT2D eigenvalue weighted by Crippen LogP contribution is 2.37. The van der Waals surface area contributed by atoms with E-state index in [1.165, 1.54) is 16.7 Å². The zero-order chi connectivity index (χ0) is 21.6. The van der Waals surface area contributed by atoms with E-state index in [4.69, 9.17) is 11.6 Å². The summed E-state index contributed by atoms with van der Waals surface area (Å²) in [6.07, 6.45) is -0.299. The lowest BCUT2D eigenvalue weighted by Crippen LogP contribution is -2.07. The SMILES string of the molecule is O=C(Cc1scc(-c2cc(F)c(Cl)c(F)c2F)c1C(=O)O)c1nc2ccccc2s1. The Labute approximate surface area is 180 Å². The molecule has 0 aliphatic carbocycles. The van der Waals surface area contributed by atoms with Crippen molar-refractivity contribution < 1.29 is 27.9 Å². The topological polar surface area (TPSA) is 67.3 Å². The number of thiophene rings is 1. The zero-order valence-corrected chi connectivity index (χ0v) is 17.1. The van der Waals surface area contributed by atoms with E-state index >= 15 is 0 Å². The maximum Gasteiger partial charge on any atom is 0.337 e. The number of benzene rings is 2. The van der Waals surface area contributed by atoms with E-state index in [-0.39, 0.29) is 21.9 Å². The van der Waals surface area contributed by atoms with Gasteiger partial charge in [0.25, 0.3) is 0 Å². The van der Waals surface area contributed by atoms with Crippen molar-refractivity contribution in [3.63, 3.8) is 0 Å². The van der Waals surface area contributed by atoms with E-state index in [1.54, 1.807) is 12.1 Å². The number of carboxylic acids is 1. The highest BCUT2D eigenvalue weighted by Gasteiger charge is 2.27. The van der Waals surface area contributed by atoms with Crippen LogP contribution in [0.15, 0.2) is 35.7 Å². The summed E-state index contributed by atoms with van der Waals surface area (Å²) < 4.78 is 42.8. The Hall–Kier alpha value is -2.75. The number of carbonyl (C=O) groups is 2. The van der Waals surface area contributed by atoms with E-state index in [2.05, 4.69) is 4.98 Å². The first kappa shape index (κ1) is 20.5. The van der Waals surface area contributed by atoms with Crippen LogP contribution >= 0.6 is 34.3 Å². The minimum atomic E-state index is -1.61. The molecule has 2 aromatic heterocycles. The summed E-state index contributed by atoms with van der Waals surface area (Å²) in [6.45, 7) is 0. The van der Waals surface area contributed by atoms with Gasteiger partial charge in [0.2, 0.25) is 0 Å². The maximum atomic E-state index is 14.3. The molecule has 0 radical (unpaired) electrons. The number of aromatic carboxylic acids is 1. The minimum absolute atomic E-state index is 0.122. The van der Waals surface area contributed by atoms with E-state index in [9.17, 15) is 27.9 Å². The lowest BCUT2D eigenvalue weighted by atomic mass is 10.0. The standard InChI is InChI=1S/C20H9ClF3NO3S2/c21-16-10(22)5-8(17(23)18(16)24)9-7-29-14(15(9)20(27)28)6-12(26)19-25-11-3-1-2-4-13(11)30-19/h1-5,7H,6H2,(H,27,28). The molecule has 0 unspecified atom stereocenters. The molecule has 152 valence electrons. The molecular weight excluding hydrogens is 459 g/mol. The van der Waals surface area contributed by atoms with Crippen LogP contribution in [0.3, 0.4) is 0 Å². The molecule has 0 spiro atoms. The average molecular weight is 468 g/mol.